The fourth-order valence-corrected chi connectivity index (χ4v) is 7.93. The van der Waals surface area contributed by atoms with Gasteiger partial charge in [0.25, 0.3) is 5.91 Å². The zero-order chi connectivity index (χ0) is 25.2. The van der Waals surface area contributed by atoms with Gasteiger partial charge in [-0.25, -0.2) is 17.5 Å². The number of ether oxygens (including phenoxy) is 1. The lowest BCUT2D eigenvalue weighted by Crippen LogP contribution is -2.61. The molecule has 186 valence electrons. The van der Waals surface area contributed by atoms with Crippen molar-refractivity contribution in [2.24, 2.45) is 16.7 Å². The molecular formula is C27H32N2O5S. The van der Waals surface area contributed by atoms with E-state index in [1.807, 2.05) is 18.2 Å². The number of esters is 1. The summed E-state index contributed by atoms with van der Waals surface area (Å²) in [5.41, 5.74) is -0.381. The Bertz CT molecular complexity index is 1290. The summed E-state index contributed by atoms with van der Waals surface area (Å²) in [6, 6.07) is 15.6. The van der Waals surface area contributed by atoms with Crippen LogP contribution in [0.4, 0.5) is 0 Å². The molecule has 2 aromatic rings. The average molecular weight is 497 g/mol. The van der Waals surface area contributed by atoms with Crippen molar-refractivity contribution < 1.29 is 22.7 Å². The molecular weight excluding hydrogens is 464 g/mol. The Morgan fingerprint density at radius 2 is 1.80 bits per heavy atom. The Hall–Kier alpha value is -2.71. The first-order chi connectivity index (χ1) is 16.5. The SMILES string of the molecule is CN(C)S(=O)(=O)c1cccc(COC(=O)C23CC4CCC2(C)C4(C)CN3C(=O)c2ccccc2)c1. The number of benzene rings is 2. The van der Waals surface area contributed by atoms with Gasteiger partial charge < -0.3 is 9.64 Å². The minimum Gasteiger partial charge on any atom is -0.459 e. The molecule has 5 rings (SSSR count). The van der Waals surface area contributed by atoms with Crippen molar-refractivity contribution in [2.75, 3.05) is 20.6 Å². The summed E-state index contributed by atoms with van der Waals surface area (Å²) in [6.07, 6.45) is 2.53. The van der Waals surface area contributed by atoms with Crippen LogP contribution in [-0.4, -0.2) is 55.7 Å². The fraction of sp³-hybridized carbons (Fsp3) is 0.481. The summed E-state index contributed by atoms with van der Waals surface area (Å²) in [6.45, 7) is 4.84. The number of rotatable bonds is 6. The Morgan fingerprint density at radius 1 is 1.09 bits per heavy atom. The number of amides is 1. The largest absolute Gasteiger partial charge is 0.459 e. The normalized spacial score (nSPS) is 31.2. The maximum atomic E-state index is 13.9. The topological polar surface area (TPSA) is 84.0 Å². The molecule has 8 heteroatoms. The molecule has 1 heterocycles. The molecule has 2 aromatic carbocycles. The van der Waals surface area contributed by atoms with Gasteiger partial charge in [-0.1, -0.05) is 44.2 Å². The van der Waals surface area contributed by atoms with Gasteiger partial charge in [-0.05, 0) is 60.4 Å². The monoisotopic (exact) mass is 496 g/mol. The highest BCUT2D eigenvalue weighted by Gasteiger charge is 2.81. The van der Waals surface area contributed by atoms with Gasteiger partial charge in [-0.15, -0.1) is 0 Å². The lowest BCUT2D eigenvalue weighted by atomic mass is 9.65. The molecule has 4 atom stereocenters. The lowest BCUT2D eigenvalue weighted by Gasteiger charge is -2.46. The van der Waals surface area contributed by atoms with Crippen LogP contribution in [-0.2, 0) is 26.2 Å². The minimum atomic E-state index is -3.60. The van der Waals surface area contributed by atoms with Crippen LogP contribution in [0, 0.1) is 16.7 Å². The second-order valence-corrected chi connectivity index (χ2v) is 13.0. The van der Waals surface area contributed by atoms with Crippen LogP contribution in [0.25, 0.3) is 0 Å². The summed E-state index contributed by atoms with van der Waals surface area (Å²) < 4.78 is 32.1. The molecule has 4 unspecified atom stereocenters. The van der Waals surface area contributed by atoms with Crippen molar-refractivity contribution in [3.8, 4) is 0 Å². The second-order valence-electron chi connectivity index (χ2n) is 10.8. The number of nitrogens with zero attached hydrogens (tertiary/aromatic N) is 2. The predicted octanol–water partition coefficient (Wildman–Crippen LogP) is 3.70. The van der Waals surface area contributed by atoms with E-state index in [-0.39, 0.29) is 28.2 Å². The second kappa shape index (κ2) is 7.90. The van der Waals surface area contributed by atoms with E-state index >= 15 is 0 Å². The highest BCUT2D eigenvalue weighted by molar-refractivity contribution is 7.89. The van der Waals surface area contributed by atoms with Crippen molar-refractivity contribution in [3.63, 3.8) is 0 Å². The molecule has 1 saturated heterocycles. The first-order valence-corrected chi connectivity index (χ1v) is 13.5. The van der Waals surface area contributed by atoms with Crippen LogP contribution in [0.1, 0.15) is 49.0 Å². The van der Waals surface area contributed by atoms with E-state index in [9.17, 15) is 18.0 Å². The van der Waals surface area contributed by atoms with Gasteiger partial charge in [-0.3, -0.25) is 4.79 Å². The first kappa shape index (κ1) is 24.0. The first-order valence-electron chi connectivity index (χ1n) is 12.0. The van der Waals surface area contributed by atoms with Gasteiger partial charge in [0.15, 0.2) is 0 Å². The van der Waals surface area contributed by atoms with Crippen LogP contribution < -0.4 is 0 Å². The zero-order valence-corrected chi connectivity index (χ0v) is 21.5. The Balaban J connectivity index is 1.45. The van der Waals surface area contributed by atoms with E-state index in [1.165, 1.54) is 26.2 Å². The van der Waals surface area contributed by atoms with Gasteiger partial charge in [0.2, 0.25) is 10.0 Å². The standard InChI is InChI=1S/C27H32N2O5S/c1-25-18-29(23(30)20-10-6-5-7-11-20)27(16-21(25)13-14-26(25,27)2)24(31)34-17-19-9-8-12-22(15-19)35(32,33)28(3)4/h5-12,15,21H,13-14,16-18H2,1-4H3. The molecule has 0 spiro atoms. The summed E-state index contributed by atoms with van der Waals surface area (Å²) in [5.74, 6) is -0.165. The molecule has 3 aliphatic rings. The van der Waals surface area contributed by atoms with Gasteiger partial charge in [0, 0.05) is 31.6 Å². The van der Waals surface area contributed by atoms with E-state index in [0.29, 0.717) is 30.0 Å². The summed E-state index contributed by atoms with van der Waals surface area (Å²) >= 11 is 0. The van der Waals surface area contributed by atoms with Gasteiger partial charge in [-0.2, -0.15) is 0 Å². The molecule has 4 bridgehead atoms. The number of hydrogen-bond acceptors (Lipinski definition) is 5. The Kier molecular flexibility index (Phi) is 5.42. The van der Waals surface area contributed by atoms with E-state index in [1.54, 1.807) is 29.2 Å². The fourth-order valence-electron chi connectivity index (χ4n) is 6.96. The number of piperidine rings is 1. The van der Waals surface area contributed by atoms with E-state index in [2.05, 4.69) is 13.8 Å². The van der Waals surface area contributed by atoms with Crippen molar-refractivity contribution in [1.29, 1.82) is 0 Å². The maximum Gasteiger partial charge on any atom is 0.333 e. The van der Waals surface area contributed by atoms with Crippen LogP contribution in [0.2, 0.25) is 0 Å². The van der Waals surface area contributed by atoms with Gasteiger partial charge >= 0.3 is 5.97 Å². The molecule has 35 heavy (non-hydrogen) atoms. The zero-order valence-electron chi connectivity index (χ0n) is 20.7. The smallest absolute Gasteiger partial charge is 0.333 e. The summed E-state index contributed by atoms with van der Waals surface area (Å²) in [7, 11) is -0.642. The van der Waals surface area contributed by atoms with Gasteiger partial charge in [0.1, 0.15) is 12.1 Å². The number of likely N-dealkylation sites (tertiary alicyclic amines) is 1. The van der Waals surface area contributed by atoms with E-state index < -0.39 is 21.5 Å². The van der Waals surface area contributed by atoms with Crippen molar-refractivity contribution in [2.45, 2.75) is 50.2 Å². The third-order valence-corrected chi connectivity index (χ3v) is 11.0. The molecule has 1 amide bonds. The van der Waals surface area contributed by atoms with Crippen LogP contribution in [0.5, 0.6) is 0 Å². The van der Waals surface area contributed by atoms with Crippen molar-refractivity contribution in [3.05, 3.63) is 65.7 Å². The molecule has 7 nitrogen and oxygen atoms in total. The third-order valence-electron chi connectivity index (χ3n) is 9.21. The van der Waals surface area contributed by atoms with Gasteiger partial charge in [0.05, 0.1) is 4.90 Å². The number of hydrogen-bond donors (Lipinski definition) is 0. The van der Waals surface area contributed by atoms with Crippen LogP contribution in [0.15, 0.2) is 59.5 Å². The summed E-state index contributed by atoms with van der Waals surface area (Å²) in [5, 5.41) is 0. The predicted molar refractivity (Wildman–Crippen MR) is 131 cm³/mol. The molecule has 0 radical (unpaired) electrons. The summed E-state index contributed by atoms with van der Waals surface area (Å²) in [4.78, 5) is 29.5. The number of sulfonamides is 1. The molecule has 1 aliphatic heterocycles. The number of carbonyl (C=O) groups excluding carboxylic acids is 2. The quantitative estimate of drug-likeness (QED) is 0.570. The lowest BCUT2D eigenvalue weighted by molar-refractivity contribution is -0.163. The number of carbonyl (C=O) groups is 2. The highest BCUT2D eigenvalue weighted by Crippen LogP contribution is 2.76. The molecule has 3 fully saturated rings. The Morgan fingerprint density at radius 3 is 2.46 bits per heavy atom. The maximum absolute atomic E-state index is 13.9. The third kappa shape index (κ3) is 3.15. The molecule has 0 N–H and O–H groups in total. The van der Waals surface area contributed by atoms with Crippen LogP contribution >= 0.6 is 0 Å². The Labute approximate surface area is 207 Å². The van der Waals surface area contributed by atoms with E-state index in [4.69, 9.17) is 4.74 Å². The minimum absolute atomic E-state index is 0.0534. The molecule has 2 saturated carbocycles. The van der Waals surface area contributed by atoms with Crippen LogP contribution in [0.3, 0.4) is 0 Å². The highest BCUT2D eigenvalue weighted by atomic mass is 32.2. The van der Waals surface area contributed by atoms with Crippen molar-refractivity contribution >= 4 is 21.9 Å². The molecule has 2 aliphatic carbocycles. The van der Waals surface area contributed by atoms with E-state index in [0.717, 1.165) is 17.1 Å². The molecule has 0 aromatic heterocycles. The average Bonchev–Trinajstić information content (AvgIpc) is 3.31. The van der Waals surface area contributed by atoms with Crippen molar-refractivity contribution in [1.82, 2.24) is 9.21 Å².